The van der Waals surface area contributed by atoms with Crippen LogP contribution >= 0.6 is 0 Å². The summed E-state index contributed by atoms with van der Waals surface area (Å²) in [7, 11) is -1.20. The fourth-order valence-corrected chi connectivity index (χ4v) is 4.76. The molecule has 0 aliphatic heterocycles. The second-order valence-corrected chi connectivity index (χ2v) is 12.0. The van der Waals surface area contributed by atoms with E-state index in [9.17, 15) is 0 Å². The highest BCUT2D eigenvalue weighted by Gasteiger charge is 2.27. The number of hydrogen-bond donors (Lipinski definition) is 1. The summed E-state index contributed by atoms with van der Waals surface area (Å²) in [5.41, 5.74) is 0.242. The van der Waals surface area contributed by atoms with Gasteiger partial charge in [0.15, 0.2) is 0 Å². The highest BCUT2D eigenvalue weighted by atomic mass is 28.3. The van der Waals surface area contributed by atoms with Crippen molar-refractivity contribution in [3.8, 4) is 0 Å². The minimum Gasteiger partial charge on any atom is -0.332 e. The number of nitrogens with zero attached hydrogens (tertiary/aromatic N) is 1. The summed E-state index contributed by atoms with van der Waals surface area (Å²) in [6.07, 6.45) is 5.24. The van der Waals surface area contributed by atoms with E-state index in [1.165, 1.54) is 45.3 Å². The Labute approximate surface area is 117 Å². The summed E-state index contributed by atoms with van der Waals surface area (Å²) in [6, 6.07) is 0. The molecule has 0 atom stereocenters. The van der Waals surface area contributed by atoms with Crippen molar-refractivity contribution < 1.29 is 0 Å². The van der Waals surface area contributed by atoms with Crippen LogP contribution in [0, 0.1) is 0 Å². The molecule has 18 heavy (non-hydrogen) atoms. The van der Waals surface area contributed by atoms with Gasteiger partial charge in [0.05, 0.1) is 0 Å². The zero-order valence-electron chi connectivity index (χ0n) is 13.9. The van der Waals surface area contributed by atoms with Gasteiger partial charge in [0, 0.05) is 12.1 Å². The topological polar surface area (TPSA) is 15.3 Å². The van der Waals surface area contributed by atoms with Gasteiger partial charge in [-0.3, -0.25) is 0 Å². The Morgan fingerprint density at radius 2 is 1.39 bits per heavy atom. The lowest BCUT2D eigenvalue weighted by atomic mass is 10.1. The molecular weight excluding hydrogens is 236 g/mol. The molecule has 0 rings (SSSR count). The molecule has 0 aromatic carbocycles. The number of nitrogens with one attached hydrogen (secondary N) is 1. The van der Waals surface area contributed by atoms with E-state index in [1.807, 2.05) is 0 Å². The van der Waals surface area contributed by atoms with Gasteiger partial charge < -0.3 is 9.88 Å². The van der Waals surface area contributed by atoms with Gasteiger partial charge in [-0.05, 0) is 39.8 Å². The maximum absolute atomic E-state index is 3.88. The molecule has 0 heterocycles. The third-order valence-electron chi connectivity index (χ3n) is 2.99. The molecule has 0 radical (unpaired) electrons. The Morgan fingerprint density at radius 3 is 1.72 bits per heavy atom. The van der Waals surface area contributed by atoms with Crippen LogP contribution < -0.4 is 4.98 Å². The second-order valence-electron chi connectivity index (χ2n) is 7.24. The molecule has 0 saturated carbocycles. The molecule has 0 spiro atoms. The zero-order valence-corrected chi connectivity index (χ0v) is 14.9. The normalized spacial score (nSPS) is 13.3. The summed E-state index contributed by atoms with van der Waals surface area (Å²) in [5.74, 6) is 0. The van der Waals surface area contributed by atoms with Gasteiger partial charge in [-0.15, -0.1) is 0 Å². The van der Waals surface area contributed by atoms with Crippen molar-refractivity contribution >= 4 is 8.24 Å². The minimum absolute atomic E-state index is 0.242. The van der Waals surface area contributed by atoms with Crippen LogP contribution in [0.4, 0.5) is 0 Å². The van der Waals surface area contributed by atoms with Crippen LogP contribution in [0.15, 0.2) is 0 Å². The van der Waals surface area contributed by atoms with E-state index in [-0.39, 0.29) is 5.54 Å². The zero-order chi connectivity index (χ0) is 14.2. The summed E-state index contributed by atoms with van der Waals surface area (Å²) >= 11 is 0. The van der Waals surface area contributed by atoms with Crippen molar-refractivity contribution in [1.82, 2.24) is 9.88 Å². The monoisotopic (exact) mass is 272 g/mol. The molecular formula is C15H36N2Si. The van der Waals surface area contributed by atoms with Gasteiger partial charge in [-0.1, -0.05) is 46.3 Å². The van der Waals surface area contributed by atoms with Crippen molar-refractivity contribution in [2.75, 3.05) is 19.6 Å². The van der Waals surface area contributed by atoms with Gasteiger partial charge in [0.2, 0.25) is 0 Å². The molecule has 0 saturated heterocycles. The average molecular weight is 273 g/mol. The Hall–Kier alpha value is 0.137. The Morgan fingerprint density at radius 1 is 0.944 bits per heavy atom. The fraction of sp³-hybridized carbons (Fsp3) is 1.00. The first-order valence-corrected chi connectivity index (χ1v) is 11.2. The third-order valence-corrected chi connectivity index (χ3v) is 4.41. The van der Waals surface area contributed by atoms with Crippen LogP contribution in [-0.4, -0.2) is 38.3 Å². The van der Waals surface area contributed by atoms with Crippen LogP contribution in [0.5, 0.6) is 0 Å². The Kier molecular flexibility index (Phi) is 8.40. The van der Waals surface area contributed by atoms with Crippen molar-refractivity contribution in [3.05, 3.63) is 0 Å². The molecule has 0 fully saturated rings. The van der Waals surface area contributed by atoms with E-state index in [0.717, 1.165) is 0 Å². The highest BCUT2D eigenvalue weighted by Crippen LogP contribution is 2.12. The predicted octanol–water partition coefficient (Wildman–Crippen LogP) is 4.09. The van der Waals surface area contributed by atoms with Crippen LogP contribution in [0.2, 0.25) is 19.6 Å². The van der Waals surface area contributed by atoms with Crippen molar-refractivity contribution in [1.29, 1.82) is 0 Å². The lowest BCUT2D eigenvalue weighted by Crippen LogP contribution is -2.58. The molecule has 0 unspecified atom stereocenters. The molecule has 0 bridgehead atoms. The SMILES string of the molecule is CCCCN(CCCC)CC(C)(C)N[Si](C)(C)C. The quantitative estimate of drug-likeness (QED) is 0.603. The first-order valence-electron chi connectivity index (χ1n) is 7.72. The van der Waals surface area contributed by atoms with E-state index in [0.29, 0.717) is 0 Å². The number of hydrogen-bond acceptors (Lipinski definition) is 2. The third kappa shape index (κ3) is 10.1. The molecule has 0 aliphatic carbocycles. The van der Waals surface area contributed by atoms with Crippen LogP contribution in [0.3, 0.4) is 0 Å². The van der Waals surface area contributed by atoms with Crippen LogP contribution in [0.1, 0.15) is 53.4 Å². The van der Waals surface area contributed by atoms with Crippen LogP contribution in [0.25, 0.3) is 0 Å². The molecule has 0 aromatic heterocycles. The Bertz CT molecular complexity index is 201. The van der Waals surface area contributed by atoms with Crippen LogP contribution in [-0.2, 0) is 0 Å². The van der Waals surface area contributed by atoms with Gasteiger partial charge in [0.1, 0.15) is 8.24 Å². The molecule has 3 heteroatoms. The lowest BCUT2D eigenvalue weighted by molar-refractivity contribution is 0.209. The smallest absolute Gasteiger partial charge is 0.116 e. The molecule has 0 aromatic rings. The first-order chi connectivity index (χ1) is 8.20. The van der Waals surface area contributed by atoms with Gasteiger partial charge >= 0.3 is 0 Å². The highest BCUT2D eigenvalue weighted by molar-refractivity contribution is 6.73. The Balaban J connectivity index is 4.33. The molecule has 0 amide bonds. The van der Waals surface area contributed by atoms with Crippen molar-refractivity contribution in [2.24, 2.45) is 0 Å². The number of rotatable bonds is 10. The largest absolute Gasteiger partial charge is 0.332 e. The number of unbranched alkanes of at least 4 members (excludes halogenated alkanes) is 2. The molecule has 0 aliphatic rings. The van der Waals surface area contributed by atoms with E-state index in [1.54, 1.807) is 0 Å². The summed E-state index contributed by atoms with van der Waals surface area (Å²) < 4.78 is 0. The first kappa shape index (κ1) is 18.1. The van der Waals surface area contributed by atoms with Gasteiger partial charge in [-0.2, -0.15) is 0 Å². The van der Waals surface area contributed by atoms with Crippen molar-refractivity contribution in [3.63, 3.8) is 0 Å². The predicted molar refractivity (Wildman–Crippen MR) is 86.8 cm³/mol. The maximum atomic E-state index is 3.88. The molecule has 1 N–H and O–H groups in total. The second kappa shape index (κ2) is 8.34. The molecule has 2 nitrogen and oxygen atoms in total. The average Bonchev–Trinajstić information content (AvgIpc) is 2.18. The molecule has 110 valence electrons. The summed E-state index contributed by atoms with van der Waals surface area (Å²) in [6.45, 7) is 20.1. The van der Waals surface area contributed by atoms with E-state index in [4.69, 9.17) is 0 Å². The van der Waals surface area contributed by atoms with E-state index in [2.05, 4.69) is 57.2 Å². The standard InChI is InChI=1S/C15H36N2Si/c1-8-10-12-17(13-11-9-2)14-15(3,4)16-18(5,6)7/h16H,8-14H2,1-7H3. The summed E-state index contributed by atoms with van der Waals surface area (Å²) in [5, 5.41) is 0. The minimum atomic E-state index is -1.20. The fourth-order valence-electron chi connectivity index (χ4n) is 2.65. The van der Waals surface area contributed by atoms with Crippen molar-refractivity contribution in [2.45, 2.75) is 78.6 Å². The van der Waals surface area contributed by atoms with E-state index >= 15 is 0 Å². The lowest BCUT2D eigenvalue weighted by Gasteiger charge is -2.38. The summed E-state index contributed by atoms with van der Waals surface area (Å²) in [4.78, 5) is 6.53. The van der Waals surface area contributed by atoms with Gasteiger partial charge in [0.25, 0.3) is 0 Å². The van der Waals surface area contributed by atoms with Gasteiger partial charge in [-0.25, -0.2) is 0 Å². The van der Waals surface area contributed by atoms with E-state index < -0.39 is 8.24 Å². The maximum Gasteiger partial charge on any atom is 0.116 e.